The largest absolute Gasteiger partial charge is 0.458 e. The van der Waals surface area contributed by atoms with Gasteiger partial charge in [0.25, 0.3) is 0 Å². The minimum absolute atomic E-state index is 0.0410. The summed E-state index contributed by atoms with van der Waals surface area (Å²) in [6, 6.07) is 5.93. The van der Waals surface area contributed by atoms with E-state index in [0.29, 0.717) is 16.3 Å². The maximum Gasteiger partial charge on any atom is 0.333 e. The molecule has 0 amide bonds. The van der Waals surface area contributed by atoms with Crippen molar-refractivity contribution < 1.29 is 33.3 Å². The average Bonchev–Trinajstić information content (AvgIpc) is 3.08. The van der Waals surface area contributed by atoms with Crippen molar-refractivity contribution >= 4 is 37.5 Å². The molecule has 2 atom stereocenters. The molecule has 2 unspecified atom stereocenters. The van der Waals surface area contributed by atoms with Gasteiger partial charge in [-0.15, -0.1) is 11.3 Å². The Hall–Kier alpha value is -2.81. The van der Waals surface area contributed by atoms with E-state index < -0.39 is 35.6 Å². The normalized spacial score (nSPS) is 13.8. The maximum absolute atomic E-state index is 15.6. The molecule has 0 saturated carbocycles. The summed E-state index contributed by atoms with van der Waals surface area (Å²) in [7, 11) is 0. The summed E-state index contributed by atoms with van der Waals surface area (Å²) in [5, 5.41) is 21.3. The molecule has 1 aromatic heterocycles. The van der Waals surface area contributed by atoms with Gasteiger partial charge in [-0.25, -0.2) is 13.6 Å². The van der Waals surface area contributed by atoms with Crippen LogP contribution in [-0.2, 0) is 9.53 Å². The van der Waals surface area contributed by atoms with Gasteiger partial charge < -0.3 is 19.7 Å². The molecule has 0 aliphatic carbocycles. The highest BCUT2D eigenvalue weighted by Gasteiger charge is 2.35. The van der Waals surface area contributed by atoms with E-state index in [9.17, 15) is 15.0 Å². The molecule has 2 N–H and O–H groups in total. The summed E-state index contributed by atoms with van der Waals surface area (Å²) in [4.78, 5) is 12.1. The SMILES string of the molecule is C=C(C)C(=O)OC(c1ccc2c(sc3c(F)c(OC(O)C(=C)C)ccc32)c1F)C(C)(C)O. The summed E-state index contributed by atoms with van der Waals surface area (Å²) in [6.07, 6.45) is -2.69. The van der Waals surface area contributed by atoms with Crippen molar-refractivity contribution in [2.24, 2.45) is 0 Å². The first-order valence-electron chi connectivity index (χ1n) is 9.75. The first-order chi connectivity index (χ1) is 14.8. The molecule has 0 bridgehead atoms. The fourth-order valence-corrected chi connectivity index (χ4v) is 4.32. The number of carbonyl (C=O) groups is 1. The van der Waals surface area contributed by atoms with Crippen LogP contribution in [0.25, 0.3) is 20.2 Å². The number of esters is 1. The summed E-state index contributed by atoms with van der Waals surface area (Å²) >= 11 is 0.858. The summed E-state index contributed by atoms with van der Waals surface area (Å²) in [6.45, 7) is 12.8. The van der Waals surface area contributed by atoms with Crippen LogP contribution in [0.1, 0.15) is 39.4 Å². The van der Waals surface area contributed by atoms with E-state index in [0.717, 1.165) is 11.3 Å². The number of hydrogen-bond acceptors (Lipinski definition) is 6. The molecular weight excluding hydrogens is 438 g/mol. The molecule has 2 aromatic carbocycles. The minimum atomic E-state index is -1.60. The molecule has 0 aliphatic heterocycles. The third kappa shape index (κ3) is 4.39. The van der Waals surface area contributed by atoms with Gasteiger partial charge in [-0.3, -0.25) is 0 Å². The molecular formula is C24H24F2O5S. The number of ether oxygens (including phenoxy) is 2. The van der Waals surface area contributed by atoms with Gasteiger partial charge in [0.15, 0.2) is 17.7 Å². The lowest BCUT2D eigenvalue weighted by atomic mass is 9.93. The number of halogens is 2. The van der Waals surface area contributed by atoms with E-state index in [-0.39, 0.29) is 26.3 Å². The fraction of sp³-hybridized carbons (Fsp3) is 0.292. The number of carbonyl (C=O) groups excluding carboxylic acids is 1. The third-order valence-corrected chi connectivity index (χ3v) is 6.05. The van der Waals surface area contributed by atoms with E-state index in [1.807, 2.05) is 0 Å². The second kappa shape index (κ2) is 8.61. The highest BCUT2D eigenvalue weighted by atomic mass is 32.1. The minimum Gasteiger partial charge on any atom is -0.458 e. The Labute approximate surface area is 188 Å². The molecule has 3 rings (SSSR count). The standard InChI is InChI=1S/C24H24F2O5S/c1-11(2)22(27)30-16-10-9-14-13-7-8-15(17(25)19(13)32-20(14)18(16)26)21(24(5,6)29)31-23(28)12(3)4/h7-10,21-22,27,29H,1,3H2,2,4-6H3. The van der Waals surface area contributed by atoms with Crippen LogP contribution >= 0.6 is 11.3 Å². The highest BCUT2D eigenvalue weighted by molar-refractivity contribution is 7.25. The lowest BCUT2D eigenvalue weighted by Crippen LogP contribution is -2.33. The van der Waals surface area contributed by atoms with E-state index in [1.165, 1.54) is 39.8 Å². The number of aliphatic hydroxyl groups is 2. The van der Waals surface area contributed by atoms with Crippen molar-refractivity contribution in [1.29, 1.82) is 0 Å². The van der Waals surface area contributed by atoms with E-state index in [2.05, 4.69) is 13.2 Å². The zero-order valence-corrected chi connectivity index (χ0v) is 19.0. The van der Waals surface area contributed by atoms with Crippen molar-refractivity contribution in [3.05, 3.63) is 65.8 Å². The lowest BCUT2D eigenvalue weighted by molar-refractivity contribution is -0.158. The lowest BCUT2D eigenvalue weighted by Gasteiger charge is -2.29. The second-order valence-electron chi connectivity index (χ2n) is 8.24. The zero-order valence-electron chi connectivity index (χ0n) is 18.2. The molecule has 0 saturated heterocycles. The highest BCUT2D eigenvalue weighted by Crippen LogP contribution is 2.43. The molecule has 0 radical (unpaired) electrons. The molecule has 8 heteroatoms. The first-order valence-corrected chi connectivity index (χ1v) is 10.6. The van der Waals surface area contributed by atoms with Gasteiger partial charge in [-0.05, 0) is 45.4 Å². The number of thiophene rings is 1. The van der Waals surface area contributed by atoms with Gasteiger partial charge in [0.2, 0.25) is 6.29 Å². The Morgan fingerprint density at radius 1 is 1.06 bits per heavy atom. The Morgan fingerprint density at radius 2 is 1.62 bits per heavy atom. The smallest absolute Gasteiger partial charge is 0.333 e. The van der Waals surface area contributed by atoms with Crippen LogP contribution in [0.15, 0.2) is 48.6 Å². The number of aliphatic hydroxyl groups excluding tert-OH is 1. The van der Waals surface area contributed by atoms with Gasteiger partial charge in [-0.2, -0.15) is 0 Å². The Morgan fingerprint density at radius 3 is 2.16 bits per heavy atom. The molecule has 0 aliphatic rings. The van der Waals surface area contributed by atoms with Crippen LogP contribution in [0.3, 0.4) is 0 Å². The predicted octanol–water partition coefficient (Wildman–Crippen LogP) is 5.54. The predicted molar refractivity (Wildman–Crippen MR) is 121 cm³/mol. The number of hydrogen-bond donors (Lipinski definition) is 2. The third-order valence-electron chi connectivity index (χ3n) is 4.84. The Bertz CT molecular complexity index is 1240. The van der Waals surface area contributed by atoms with E-state index >= 15 is 8.78 Å². The molecule has 5 nitrogen and oxygen atoms in total. The quantitative estimate of drug-likeness (QED) is 0.209. The topological polar surface area (TPSA) is 76.0 Å². The maximum atomic E-state index is 15.6. The molecule has 170 valence electrons. The number of rotatable bonds is 7. The van der Waals surface area contributed by atoms with Crippen LogP contribution in [0.4, 0.5) is 8.78 Å². The molecule has 32 heavy (non-hydrogen) atoms. The van der Waals surface area contributed by atoms with Crippen LogP contribution < -0.4 is 4.74 Å². The molecule has 0 fully saturated rings. The first kappa shape index (κ1) is 23.8. The van der Waals surface area contributed by atoms with Gasteiger partial charge in [0.05, 0.1) is 9.40 Å². The van der Waals surface area contributed by atoms with Crippen molar-refractivity contribution in [1.82, 2.24) is 0 Å². The van der Waals surface area contributed by atoms with Crippen molar-refractivity contribution in [2.75, 3.05) is 0 Å². The fourth-order valence-electron chi connectivity index (χ4n) is 3.15. The van der Waals surface area contributed by atoms with Crippen molar-refractivity contribution in [3.63, 3.8) is 0 Å². The van der Waals surface area contributed by atoms with Crippen molar-refractivity contribution in [3.8, 4) is 5.75 Å². The monoisotopic (exact) mass is 462 g/mol. The Kier molecular flexibility index (Phi) is 6.42. The van der Waals surface area contributed by atoms with Gasteiger partial charge >= 0.3 is 5.97 Å². The summed E-state index contributed by atoms with van der Waals surface area (Å²) in [5.74, 6) is -2.42. The van der Waals surface area contributed by atoms with E-state index in [4.69, 9.17) is 9.47 Å². The van der Waals surface area contributed by atoms with Crippen LogP contribution in [0.5, 0.6) is 5.75 Å². The van der Waals surface area contributed by atoms with Gasteiger partial charge in [0.1, 0.15) is 11.4 Å². The molecule has 0 spiro atoms. The second-order valence-corrected chi connectivity index (χ2v) is 9.26. The van der Waals surface area contributed by atoms with Crippen LogP contribution in [-0.4, -0.2) is 28.1 Å². The molecule has 3 aromatic rings. The zero-order chi connectivity index (χ0) is 24.0. The summed E-state index contributed by atoms with van der Waals surface area (Å²) in [5.41, 5.74) is -1.23. The molecule has 1 heterocycles. The van der Waals surface area contributed by atoms with Crippen molar-refractivity contribution in [2.45, 2.75) is 45.7 Å². The van der Waals surface area contributed by atoms with Crippen LogP contribution in [0.2, 0.25) is 0 Å². The van der Waals surface area contributed by atoms with Gasteiger partial charge in [0, 0.05) is 21.9 Å². The Balaban J connectivity index is 2.15. The van der Waals surface area contributed by atoms with E-state index in [1.54, 1.807) is 12.1 Å². The number of benzene rings is 2. The summed E-state index contributed by atoms with van der Waals surface area (Å²) < 4.78 is 41.4. The van der Waals surface area contributed by atoms with Gasteiger partial charge in [-0.1, -0.05) is 25.3 Å². The number of fused-ring (bicyclic) bond motifs is 3. The average molecular weight is 463 g/mol. The van der Waals surface area contributed by atoms with Crippen LogP contribution in [0, 0.1) is 11.6 Å².